The molecular weight excluding hydrogens is 250 g/mol. The second kappa shape index (κ2) is 5.59. The Morgan fingerprint density at radius 1 is 1.28 bits per heavy atom. The molecule has 1 heterocycles. The highest BCUT2D eigenvalue weighted by molar-refractivity contribution is 6.31. The van der Waals surface area contributed by atoms with Crippen LogP contribution in [-0.2, 0) is 0 Å². The molecule has 1 saturated heterocycles. The highest BCUT2D eigenvalue weighted by Gasteiger charge is 2.20. The van der Waals surface area contributed by atoms with Crippen molar-refractivity contribution in [2.75, 3.05) is 39.0 Å². The van der Waals surface area contributed by atoms with E-state index in [9.17, 15) is 4.79 Å². The van der Waals surface area contributed by atoms with Crippen molar-refractivity contribution in [1.82, 2.24) is 9.80 Å². The van der Waals surface area contributed by atoms with Crippen LogP contribution in [0.2, 0.25) is 5.02 Å². The number of hydrogen-bond acceptors (Lipinski definition) is 3. The van der Waals surface area contributed by atoms with Gasteiger partial charge in [-0.15, -0.1) is 0 Å². The van der Waals surface area contributed by atoms with Gasteiger partial charge in [-0.1, -0.05) is 11.6 Å². The maximum absolute atomic E-state index is 12.4. The molecular formula is C13H18ClN3O. The minimum atomic E-state index is -0.000494. The van der Waals surface area contributed by atoms with E-state index in [0.717, 1.165) is 32.6 Å². The molecule has 1 aromatic rings. The van der Waals surface area contributed by atoms with Crippen molar-refractivity contribution in [3.8, 4) is 0 Å². The summed E-state index contributed by atoms with van der Waals surface area (Å²) in [6.07, 6.45) is 0.996. The number of benzene rings is 1. The molecule has 0 unspecified atom stereocenters. The first-order chi connectivity index (χ1) is 8.58. The van der Waals surface area contributed by atoms with Crippen molar-refractivity contribution in [1.29, 1.82) is 0 Å². The molecule has 1 amide bonds. The molecule has 98 valence electrons. The summed E-state index contributed by atoms with van der Waals surface area (Å²) in [4.78, 5) is 16.5. The number of likely N-dealkylation sites (N-methyl/N-ethyl adjacent to an activating group) is 1. The first-order valence-corrected chi connectivity index (χ1v) is 6.48. The van der Waals surface area contributed by atoms with Crippen molar-refractivity contribution in [2.24, 2.45) is 0 Å². The van der Waals surface area contributed by atoms with Crippen molar-refractivity contribution in [3.63, 3.8) is 0 Å². The minimum absolute atomic E-state index is 0.000494. The number of nitrogen functional groups attached to an aromatic ring is 1. The molecule has 0 aliphatic carbocycles. The van der Waals surface area contributed by atoms with Crippen LogP contribution < -0.4 is 5.73 Å². The zero-order valence-corrected chi connectivity index (χ0v) is 11.3. The lowest BCUT2D eigenvalue weighted by Crippen LogP contribution is -2.34. The van der Waals surface area contributed by atoms with Gasteiger partial charge in [-0.05, 0) is 38.2 Å². The maximum Gasteiger partial charge on any atom is 0.255 e. The summed E-state index contributed by atoms with van der Waals surface area (Å²) < 4.78 is 0. The van der Waals surface area contributed by atoms with E-state index in [0.29, 0.717) is 16.3 Å². The van der Waals surface area contributed by atoms with Crippen molar-refractivity contribution in [2.45, 2.75) is 6.42 Å². The molecule has 0 spiro atoms. The first kappa shape index (κ1) is 13.2. The zero-order chi connectivity index (χ0) is 13.1. The minimum Gasteiger partial charge on any atom is -0.398 e. The summed E-state index contributed by atoms with van der Waals surface area (Å²) in [6, 6.07) is 5.03. The second-order valence-corrected chi connectivity index (χ2v) is 5.12. The number of hydrogen-bond donors (Lipinski definition) is 1. The van der Waals surface area contributed by atoms with E-state index in [1.807, 2.05) is 4.90 Å². The summed E-state index contributed by atoms with van der Waals surface area (Å²) in [5.41, 5.74) is 6.85. The Kier molecular flexibility index (Phi) is 4.09. The van der Waals surface area contributed by atoms with Crippen LogP contribution in [0.4, 0.5) is 5.69 Å². The van der Waals surface area contributed by atoms with Crippen LogP contribution in [0.15, 0.2) is 18.2 Å². The van der Waals surface area contributed by atoms with Gasteiger partial charge in [-0.3, -0.25) is 4.79 Å². The van der Waals surface area contributed by atoms with Crippen LogP contribution in [0.3, 0.4) is 0 Å². The molecule has 1 fully saturated rings. The molecule has 0 aromatic heterocycles. The van der Waals surface area contributed by atoms with Crippen LogP contribution in [-0.4, -0.2) is 48.9 Å². The van der Waals surface area contributed by atoms with E-state index in [1.165, 1.54) is 0 Å². The summed E-state index contributed by atoms with van der Waals surface area (Å²) in [5, 5.41) is 0.555. The number of rotatable bonds is 1. The SMILES string of the molecule is CN1CCCN(C(=O)c2ccc(Cl)cc2N)CC1. The van der Waals surface area contributed by atoms with Gasteiger partial charge in [0.25, 0.3) is 5.91 Å². The number of halogens is 1. The van der Waals surface area contributed by atoms with Gasteiger partial charge in [0, 0.05) is 30.3 Å². The fourth-order valence-corrected chi connectivity index (χ4v) is 2.33. The third-order valence-corrected chi connectivity index (χ3v) is 3.49. The van der Waals surface area contributed by atoms with Crippen LogP contribution >= 0.6 is 11.6 Å². The molecule has 2 rings (SSSR count). The van der Waals surface area contributed by atoms with Crippen molar-refractivity contribution >= 4 is 23.2 Å². The Labute approximate surface area is 112 Å². The average Bonchev–Trinajstić information content (AvgIpc) is 2.53. The highest BCUT2D eigenvalue weighted by atomic mass is 35.5. The highest BCUT2D eigenvalue weighted by Crippen LogP contribution is 2.20. The molecule has 0 atom stereocenters. The Morgan fingerprint density at radius 3 is 2.78 bits per heavy atom. The second-order valence-electron chi connectivity index (χ2n) is 4.68. The number of carbonyl (C=O) groups excluding carboxylic acids is 1. The molecule has 0 radical (unpaired) electrons. The number of nitrogens with zero attached hydrogens (tertiary/aromatic N) is 2. The van der Waals surface area contributed by atoms with E-state index in [-0.39, 0.29) is 5.91 Å². The summed E-state index contributed by atoms with van der Waals surface area (Å²) in [6.45, 7) is 3.46. The molecule has 18 heavy (non-hydrogen) atoms. The Balaban J connectivity index is 2.15. The molecule has 1 aliphatic heterocycles. The lowest BCUT2D eigenvalue weighted by molar-refractivity contribution is 0.0764. The normalized spacial score (nSPS) is 17.6. The van der Waals surface area contributed by atoms with Gasteiger partial charge < -0.3 is 15.5 Å². The number of amides is 1. The summed E-state index contributed by atoms with van der Waals surface area (Å²) in [7, 11) is 2.07. The van der Waals surface area contributed by atoms with Crippen molar-refractivity contribution < 1.29 is 4.79 Å². The molecule has 0 bridgehead atoms. The Bertz CT molecular complexity index is 450. The zero-order valence-electron chi connectivity index (χ0n) is 10.5. The molecule has 4 nitrogen and oxygen atoms in total. The first-order valence-electron chi connectivity index (χ1n) is 6.11. The van der Waals surface area contributed by atoms with Crippen LogP contribution in [0.25, 0.3) is 0 Å². The third-order valence-electron chi connectivity index (χ3n) is 3.25. The molecule has 5 heteroatoms. The lowest BCUT2D eigenvalue weighted by atomic mass is 10.1. The predicted molar refractivity (Wildman–Crippen MR) is 73.9 cm³/mol. The smallest absolute Gasteiger partial charge is 0.255 e. The van der Waals surface area contributed by atoms with Gasteiger partial charge in [0.2, 0.25) is 0 Å². The van der Waals surface area contributed by atoms with Gasteiger partial charge in [0.1, 0.15) is 0 Å². The molecule has 1 aliphatic rings. The quantitative estimate of drug-likeness (QED) is 0.788. The summed E-state index contributed by atoms with van der Waals surface area (Å²) in [5.74, 6) is -0.000494. The summed E-state index contributed by atoms with van der Waals surface area (Å²) >= 11 is 5.84. The van der Waals surface area contributed by atoms with Gasteiger partial charge >= 0.3 is 0 Å². The lowest BCUT2D eigenvalue weighted by Gasteiger charge is -2.21. The Hall–Kier alpha value is -1.26. The van der Waals surface area contributed by atoms with E-state index < -0.39 is 0 Å². The fraction of sp³-hybridized carbons (Fsp3) is 0.462. The monoisotopic (exact) mass is 267 g/mol. The standard InChI is InChI=1S/C13H18ClN3O/c1-16-5-2-6-17(8-7-16)13(18)11-4-3-10(14)9-12(11)15/h3-4,9H,2,5-8,15H2,1H3. The van der Waals surface area contributed by atoms with E-state index >= 15 is 0 Å². The van der Waals surface area contributed by atoms with Crippen LogP contribution in [0.1, 0.15) is 16.8 Å². The average molecular weight is 268 g/mol. The van der Waals surface area contributed by atoms with E-state index in [4.69, 9.17) is 17.3 Å². The van der Waals surface area contributed by atoms with Gasteiger partial charge in [-0.25, -0.2) is 0 Å². The third kappa shape index (κ3) is 2.94. The van der Waals surface area contributed by atoms with Gasteiger partial charge in [0.05, 0.1) is 5.56 Å². The van der Waals surface area contributed by atoms with Crippen molar-refractivity contribution in [3.05, 3.63) is 28.8 Å². The topological polar surface area (TPSA) is 49.6 Å². The number of anilines is 1. The number of carbonyl (C=O) groups is 1. The Morgan fingerprint density at radius 2 is 2.06 bits per heavy atom. The van der Waals surface area contributed by atoms with Crippen LogP contribution in [0, 0.1) is 0 Å². The van der Waals surface area contributed by atoms with E-state index in [1.54, 1.807) is 18.2 Å². The van der Waals surface area contributed by atoms with Crippen LogP contribution in [0.5, 0.6) is 0 Å². The maximum atomic E-state index is 12.4. The van der Waals surface area contributed by atoms with Gasteiger partial charge in [-0.2, -0.15) is 0 Å². The largest absolute Gasteiger partial charge is 0.398 e. The predicted octanol–water partition coefficient (Wildman–Crippen LogP) is 1.70. The molecule has 2 N–H and O–H groups in total. The number of nitrogens with two attached hydrogens (primary N) is 1. The van der Waals surface area contributed by atoms with Gasteiger partial charge in [0.15, 0.2) is 0 Å². The molecule has 1 aromatic carbocycles. The van der Waals surface area contributed by atoms with E-state index in [2.05, 4.69) is 11.9 Å². The molecule has 0 saturated carbocycles. The fourth-order valence-electron chi connectivity index (χ4n) is 2.15.